The topological polar surface area (TPSA) is 39.0 Å². The Hall–Kier alpha value is -4.84. The molecule has 6 nitrogen and oxygen atoms in total. The standard InChI is InChI=1S/C36H40N6/c1-39(33-17-7-5-8-18-33)37-28-31-16-15-25-41(30-31)24-13-3-4-14-26-42-27-23-32(35-21-11-12-22-36(35)42)29-38-40(2)34-19-9-6-10-20-34/h5-12,15-23,25,27-30H,3-4,13-14,24,26H2,1-2H3/q+2/b37-28+. The van der Waals surface area contributed by atoms with E-state index in [2.05, 4.69) is 105 Å². The summed E-state index contributed by atoms with van der Waals surface area (Å²) in [5.74, 6) is 0. The van der Waals surface area contributed by atoms with E-state index < -0.39 is 0 Å². The predicted octanol–water partition coefficient (Wildman–Crippen LogP) is 6.62. The SMILES string of the molecule is CN(/N=C/c1ccc[n+](CCCCCC[n+]2ccc(/C=N/N(C)c3ccccc3)c3ccccc32)c1)c1ccccc1. The molecular formula is C36H40N6+2. The molecule has 0 spiro atoms. The third kappa shape index (κ3) is 7.88. The third-order valence-corrected chi connectivity index (χ3v) is 7.41. The normalized spacial score (nSPS) is 11.5. The van der Waals surface area contributed by atoms with Gasteiger partial charge in [-0.1, -0.05) is 48.5 Å². The molecule has 3 aromatic carbocycles. The molecule has 0 aliphatic carbocycles. The number of nitrogens with zero attached hydrogens (tertiary/aromatic N) is 6. The van der Waals surface area contributed by atoms with Crippen molar-refractivity contribution in [3.05, 3.63) is 133 Å². The summed E-state index contributed by atoms with van der Waals surface area (Å²) in [5.41, 5.74) is 5.61. The number of hydrogen-bond donors (Lipinski definition) is 0. The highest BCUT2D eigenvalue weighted by molar-refractivity contribution is 5.97. The van der Waals surface area contributed by atoms with Crippen molar-refractivity contribution < 1.29 is 9.13 Å². The molecular weight excluding hydrogens is 516 g/mol. The molecule has 0 bridgehead atoms. The van der Waals surface area contributed by atoms with Crippen LogP contribution in [0.5, 0.6) is 0 Å². The number of unbranched alkanes of at least 4 members (excludes halogenated alkanes) is 3. The van der Waals surface area contributed by atoms with E-state index in [0.29, 0.717) is 0 Å². The molecule has 0 unspecified atom stereocenters. The summed E-state index contributed by atoms with van der Waals surface area (Å²) in [5, 5.41) is 14.3. The van der Waals surface area contributed by atoms with Gasteiger partial charge < -0.3 is 0 Å². The number of rotatable bonds is 13. The molecule has 0 fully saturated rings. The number of pyridine rings is 2. The molecule has 0 saturated carbocycles. The molecule has 5 rings (SSSR count). The zero-order valence-corrected chi connectivity index (χ0v) is 24.6. The second-order valence-electron chi connectivity index (χ2n) is 10.5. The Labute approximate surface area is 249 Å². The summed E-state index contributed by atoms with van der Waals surface area (Å²) in [6.45, 7) is 2.02. The minimum atomic E-state index is 1.01. The van der Waals surface area contributed by atoms with E-state index in [9.17, 15) is 0 Å². The lowest BCUT2D eigenvalue weighted by Gasteiger charge is -2.12. The van der Waals surface area contributed by atoms with E-state index in [-0.39, 0.29) is 0 Å². The van der Waals surface area contributed by atoms with E-state index >= 15 is 0 Å². The fourth-order valence-corrected chi connectivity index (χ4v) is 5.03. The van der Waals surface area contributed by atoms with Gasteiger partial charge in [-0.3, -0.25) is 10.0 Å². The lowest BCUT2D eigenvalue weighted by Crippen LogP contribution is -2.34. The van der Waals surface area contributed by atoms with E-state index in [1.807, 2.05) is 72.9 Å². The molecule has 6 heteroatoms. The van der Waals surface area contributed by atoms with Gasteiger partial charge in [0.15, 0.2) is 18.6 Å². The van der Waals surface area contributed by atoms with E-state index in [0.717, 1.165) is 48.4 Å². The van der Waals surface area contributed by atoms with Gasteiger partial charge in [0.05, 0.1) is 34.8 Å². The van der Waals surface area contributed by atoms with Crippen LogP contribution >= 0.6 is 0 Å². The van der Waals surface area contributed by atoms with Crippen molar-refractivity contribution in [2.45, 2.75) is 38.8 Å². The molecule has 0 N–H and O–H groups in total. The van der Waals surface area contributed by atoms with Gasteiger partial charge in [-0.05, 0) is 49.2 Å². The van der Waals surface area contributed by atoms with Crippen molar-refractivity contribution in [2.24, 2.45) is 10.2 Å². The average molecular weight is 557 g/mol. The van der Waals surface area contributed by atoms with Crippen molar-refractivity contribution in [1.29, 1.82) is 0 Å². The predicted molar refractivity (Wildman–Crippen MR) is 174 cm³/mol. The number of fused-ring (bicyclic) bond motifs is 1. The van der Waals surface area contributed by atoms with E-state index in [1.165, 1.54) is 23.7 Å². The van der Waals surface area contributed by atoms with Crippen molar-refractivity contribution >= 4 is 34.7 Å². The molecule has 0 aliphatic heterocycles. The van der Waals surface area contributed by atoms with Crippen molar-refractivity contribution in [3.8, 4) is 0 Å². The zero-order valence-electron chi connectivity index (χ0n) is 24.6. The third-order valence-electron chi connectivity index (χ3n) is 7.41. The Morgan fingerprint density at radius 1 is 0.595 bits per heavy atom. The number of hydrazone groups is 2. The highest BCUT2D eigenvalue weighted by atomic mass is 15.4. The smallest absolute Gasteiger partial charge is 0.213 e. The van der Waals surface area contributed by atoms with Crippen LogP contribution in [-0.4, -0.2) is 26.5 Å². The summed E-state index contributed by atoms with van der Waals surface area (Å²) in [6, 6.07) is 35.4. The lowest BCUT2D eigenvalue weighted by atomic mass is 10.1. The summed E-state index contributed by atoms with van der Waals surface area (Å²) < 4.78 is 4.64. The van der Waals surface area contributed by atoms with Crippen LogP contribution < -0.4 is 19.2 Å². The van der Waals surface area contributed by atoms with Crippen molar-refractivity contribution in [1.82, 2.24) is 0 Å². The minimum Gasteiger partial charge on any atom is -0.269 e. The number of anilines is 2. The molecule has 0 radical (unpaired) electrons. The Morgan fingerprint density at radius 3 is 1.93 bits per heavy atom. The van der Waals surface area contributed by atoms with Gasteiger partial charge in [-0.15, -0.1) is 0 Å². The summed E-state index contributed by atoms with van der Waals surface area (Å²) >= 11 is 0. The highest BCUT2D eigenvalue weighted by Crippen LogP contribution is 2.16. The monoisotopic (exact) mass is 556 g/mol. The number of para-hydroxylation sites is 3. The Kier molecular flexibility index (Phi) is 10.0. The Balaban J connectivity index is 1.10. The van der Waals surface area contributed by atoms with Crippen LogP contribution in [0.15, 0.2) is 132 Å². The van der Waals surface area contributed by atoms with Crippen molar-refractivity contribution in [3.63, 3.8) is 0 Å². The Bertz CT molecular complexity index is 1610. The first-order valence-corrected chi connectivity index (χ1v) is 14.7. The van der Waals surface area contributed by atoms with E-state index in [4.69, 9.17) is 0 Å². The minimum absolute atomic E-state index is 1.01. The summed E-state index contributed by atoms with van der Waals surface area (Å²) in [4.78, 5) is 0. The first-order valence-electron chi connectivity index (χ1n) is 14.7. The van der Waals surface area contributed by atoms with Gasteiger partial charge >= 0.3 is 0 Å². The van der Waals surface area contributed by atoms with Crippen molar-refractivity contribution in [2.75, 3.05) is 24.1 Å². The van der Waals surface area contributed by atoms with Crippen LogP contribution in [0.2, 0.25) is 0 Å². The van der Waals surface area contributed by atoms with Gasteiger partial charge in [-0.25, -0.2) is 4.57 Å². The molecule has 2 heterocycles. The molecule has 212 valence electrons. The fraction of sp³-hybridized carbons (Fsp3) is 0.222. The lowest BCUT2D eigenvalue weighted by molar-refractivity contribution is -0.697. The molecule has 0 aliphatic rings. The van der Waals surface area contributed by atoms with Crippen LogP contribution in [0.1, 0.15) is 36.8 Å². The maximum atomic E-state index is 4.69. The second-order valence-corrected chi connectivity index (χ2v) is 10.5. The quantitative estimate of drug-likeness (QED) is 0.0708. The van der Waals surface area contributed by atoms with Gasteiger partial charge in [0.1, 0.15) is 13.1 Å². The van der Waals surface area contributed by atoms with Crippen LogP contribution in [0.3, 0.4) is 0 Å². The molecule has 0 atom stereocenters. The largest absolute Gasteiger partial charge is 0.269 e. The highest BCUT2D eigenvalue weighted by Gasteiger charge is 2.11. The van der Waals surface area contributed by atoms with Crippen LogP contribution in [0.25, 0.3) is 10.9 Å². The maximum Gasteiger partial charge on any atom is 0.213 e. The van der Waals surface area contributed by atoms with E-state index in [1.54, 1.807) is 0 Å². The zero-order chi connectivity index (χ0) is 29.0. The Morgan fingerprint density at radius 2 is 1.21 bits per heavy atom. The van der Waals surface area contributed by atoms with Gasteiger partial charge in [0.2, 0.25) is 5.52 Å². The number of benzene rings is 3. The first kappa shape index (κ1) is 28.7. The maximum absolute atomic E-state index is 4.69. The molecule has 0 saturated heterocycles. The van der Waals surface area contributed by atoms with Gasteiger partial charge in [-0.2, -0.15) is 14.8 Å². The first-order chi connectivity index (χ1) is 20.7. The number of aromatic nitrogens is 2. The average Bonchev–Trinajstić information content (AvgIpc) is 3.05. The molecule has 2 aromatic heterocycles. The number of aryl methyl sites for hydroxylation is 2. The molecule has 0 amide bonds. The second kappa shape index (κ2) is 14.7. The van der Waals surface area contributed by atoms with Crippen LogP contribution in [-0.2, 0) is 13.1 Å². The number of hydrogen-bond acceptors (Lipinski definition) is 4. The molecule has 42 heavy (non-hydrogen) atoms. The van der Waals surface area contributed by atoms with Gasteiger partial charge in [0.25, 0.3) is 0 Å². The van der Waals surface area contributed by atoms with Crippen LogP contribution in [0, 0.1) is 0 Å². The van der Waals surface area contributed by atoms with Crippen LogP contribution in [0.4, 0.5) is 11.4 Å². The fourth-order valence-electron chi connectivity index (χ4n) is 5.03. The molecule has 5 aromatic rings. The van der Waals surface area contributed by atoms with Gasteiger partial charge in [0, 0.05) is 50.7 Å². The summed E-state index contributed by atoms with van der Waals surface area (Å²) in [6.07, 6.45) is 15.1. The summed E-state index contributed by atoms with van der Waals surface area (Å²) in [7, 11) is 3.95.